The molecule has 3 heterocycles. The number of hydrogen-bond acceptors (Lipinski definition) is 5. The van der Waals surface area contributed by atoms with Gasteiger partial charge in [-0.3, -0.25) is 0 Å². The van der Waals surface area contributed by atoms with E-state index in [1.54, 1.807) is 32.0 Å². The molecule has 1 aliphatic rings. The molecule has 0 fully saturated rings. The van der Waals surface area contributed by atoms with Crippen LogP contribution in [-0.2, 0) is 0 Å². The van der Waals surface area contributed by atoms with E-state index in [0.29, 0.717) is 11.5 Å². The lowest BCUT2D eigenvalue weighted by Gasteiger charge is -2.26. The van der Waals surface area contributed by atoms with E-state index in [9.17, 15) is 14.0 Å². The fourth-order valence-corrected chi connectivity index (χ4v) is 3.16. The summed E-state index contributed by atoms with van der Waals surface area (Å²) in [6.07, 6.45) is 0. The van der Waals surface area contributed by atoms with Crippen molar-refractivity contribution in [3.63, 3.8) is 0 Å². The van der Waals surface area contributed by atoms with Crippen molar-refractivity contribution < 1.29 is 18.0 Å². The van der Waals surface area contributed by atoms with Crippen molar-refractivity contribution in [1.29, 1.82) is 0 Å². The van der Waals surface area contributed by atoms with Gasteiger partial charge >= 0.3 is 11.3 Å². The van der Waals surface area contributed by atoms with Crippen LogP contribution in [0.1, 0.15) is 34.1 Å². The van der Waals surface area contributed by atoms with Crippen LogP contribution < -0.4 is 16.0 Å². The van der Waals surface area contributed by atoms with Crippen molar-refractivity contribution in [1.82, 2.24) is 0 Å². The molecule has 1 aromatic carbocycles. The second kappa shape index (κ2) is 5.44. The summed E-state index contributed by atoms with van der Waals surface area (Å²) in [4.78, 5) is 24.9. The first kappa shape index (κ1) is 15.4. The molecule has 0 N–H and O–H groups in total. The van der Waals surface area contributed by atoms with Crippen molar-refractivity contribution >= 4 is 0 Å². The molecule has 1 aliphatic heterocycles. The Balaban J connectivity index is 2.12. The number of hydrogen-bond donors (Lipinski definition) is 0. The van der Waals surface area contributed by atoms with Crippen LogP contribution in [0.2, 0.25) is 0 Å². The topological polar surface area (TPSA) is 69.7 Å². The van der Waals surface area contributed by atoms with E-state index in [-0.39, 0.29) is 28.2 Å². The van der Waals surface area contributed by atoms with Crippen molar-refractivity contribution in [2.75, 3.05) is 0 Å². The first-order chi connectivity index (χ1) is 12.0. The lowest BCUT2D eigenvalue weighted by Crippen LogP contribution is -2.26. The largest absolute Gasteiger partial charge is 0.456 e. The van der Waals surface area contributed by atoms with Gasteiger partial charge in [-0.2, -0.15) is 0 Å². The molecule has 0 amide bonds. The third kappa shape index (κ3) is 2.38. The number of rotatable bonds is 1. The third-order valence-corrected chi connectivity index (χ3v) is 4.16. The van der Waals surface area contributed by atoms with Crippen LogP contribution in [0.5, 0.6) is 11.5 Å². The van der Waals surface area contributed by atoms with Crippen molar-refractivity contribution in [2.24, 2.45) is 0 Å². The number of halogens is 1. The summed E-state index contributed by atoms with van der Waals surface area (Å²) in [5.41, 5.74) is -0.998. The number of aryl methyl sites for hydroxylation is 2. The molecule has 3 aromatic rings. The SMILES string of the molecule is Cc1cc2c(c(=O)o1)C(c1ccccc1F)c1c(cc(C)oc1=O)O2. The van der Waals surface area contributed by atoms with Gasteiger partial charge in [0.1, 0.15) is 28.8 Å². The van der Waals surface area contributed by atoms with E-state index in [0.717, 1.165) is 0 Å². The van der Waals surface area contributed by atoms with Gasteiger partial charge in [-0.25, -0.2) is 14.0 Å². The van der Waals surface area contributed by atoms with E-state index in [4.69, 9.17) is 13.6 Å². The van der Waals surface area contributed by atoms with E-state index in [2.05, 4.69) is 0 Å². The van der Waals surface area contributed by atoms with Gasteiger partial charge in [-0.1, -0.05) is 18.2 Å². The number of fused-ring (bicyclic) bond motifs is 2. The molecule has 0 atom stereocenters. The summed E-state index contributed by atoms with van der Waals surface area (Å²) in [6.45, 7) is 3.23. The Morgan fingerprint density at radius 3 is 1.92 bits per heavy atom. The molecule has 0 unspecified atom stereocenters. The Morgan fingerprint density at radius 1 is 0.880 bits per heavy atom. The lowest BCUT2D eigenvalue weighted by molar-refractivity contribution is 0.387. The monoisotopic (exact) mass is 340 g/mol. The minimum Gasteiger partial charge on any atom is -0.456 e. The molecule has 5 nitrogen and oxygen atoms in total. The maximum Gasteiger partial charge on any atom is 0.343 e. The molecule has 25 heavy (non-hydrogen) atoms. The normalized spacial score (nSPS) is 13.1. The van der Waals surface area contributed by atoms with Gasteiger partial charge in [-0.05, 0) is 19.9 Å². The van der Waals surface area contributed by atoms with Crippen LogP contribution in [0, 0.1) is 19.7 Å². The van der Waals surface area contributed by atoms with Crippen LogP contribution in [0.3, 0.4) is 0 Å². The Hall–Kier alpha value is -3.15. The maximum absolute atomic E-state index is 14.5. The van der Waals surface area contributed by atoms with Crippen molar-refractivity contribution in [3.05, 3.63) is 91.3 Å². The Labute approximate surface area is 141 Å². The average molecular weight is 340 g/mol. The number of benzene rings is 1. The molecule has 0 bridgehead atoms. The molecule has 0 spiro atoms. The fraction of sp³-hybridized carbons (Fsp3) is 0.158. The third-order valence-electron chi connectivity index (χ3n) is 4.16. The molecule has 4 rings (SSSR count). The van der Waals surface area contributed by atoms with E-state index in [1.165, 1.54) is 18.2 Å². The lowest BCUT2D eigenvalue weighted by atomic mass is 9.84. The quantitative estimate of drug-likeness (QED) is 0.529. The van der Waals surface area contributed by atoms with Gasteiger partial charge < -0.3 is 13.6 Å². The summed E-state index contributed by atoms with van der Waals surface area (Å²) in [5.74, 6) is -0.280. The minimum absolute atomic E-state index is 0.0827. The number of ether oxygens (including phenoxy) is 1. The molecular weight excluding hydrogens is 327 g/mol. The summed E-state index contributed by atoms with van der Waals surface area (Å²) < 4.78 is 30.5. The van der Waals surface area contributed by atoms with Crippen LogP contribution in [-0.4, -0.2) is 0 Å². The zero-order valence-corrected chi connectivity index (χ0v) is 13.5. The van der Waals surface area contributed by atoms with Crippen molar-refractivity contribution in [2.45, 2.75) is 19.8 Å². The summed E-state index contributed by atoms with van der Waals surface area (Å²) in [5, 5.41) is 0. The highest BCUT2D eigenvalue weighted by molar-refractivity contribution is 5.56. The first-order valence-electron chi connectivity index (χ1n) is 7.67. The maximum atomic E-state index is 14.5. The zero-order valence-electron chi connectivity index (χ0n) is 13.5. The van der Waals surface area contributed by atoms with Crippen LogP contribution >= 0.6 is 0 Å². The molecule has 126 valence electrons. The van der Waals surface area contributed by atoms with Crippen LogP contribution in [0.4, 0.5) is 4.39 Å². The second-order valence-corrected chi connectivity index (χ2v) is 5.90. The van der Waals surface area contributed by atoms with Gasteiger partial charge in [0.2, 0.25) is 0 Å². The van der Waals surface area contributed by atoms with Crippen LogP contribution in [0.25, 0.3) is 0 Å². The highest BCUT2D eigenvalue weighted by atomic mass is 19.1. The first-order valence-corrected chi connectivity index (χ1v) is 7.67. The smallest absolute Gasteiger partial charge is 0.343 e. The Bertz CT molecular complexity index is 1040. The predicted octanol–water partition coefficient (Wildman–Crippen LogP) is 3.63. The second-order valence-electron chi connectivity index (χ2n) is 5.90. The zero-order chi connectivity index (χ0) is 17.7. The van der Waals surface area contributed by atoms with Gasteiger partial charge in [0.15, 0.2) is 0 Å². The van der Waals surface area contributed by atoms with Gasteiger partial charge in [0.25, 0.3) is 0 Å². The highest BCUT2D eigenvalue weighted by Crippen LogP contribution is 2.45. The molecular formula is C19H13FO5. The highest BCUT2D eigenvalue weighted by Gasteiger charge is 2.37. The molecule has 0 radical (unpaired) electrons. The van der Waals surface area contributed by atoms with E-state index in [1.807, 2.05) is 0 Å². The molecule has 6 heteroatoms. The van der Waals surface area contributed by atoms with Gasteiger partial charge in [-0.15, -0.1) is 0 Å². The van der Waals surface area contributed by atoms with Crippen molar-refractivity contribution in [3.8, 4) is 11.5 Å². The summed E-state index contributed by atoms with van der Waals surface area (Å²) in [6, 6.07) is 9.08. The Morgan fingerprint density at radius 2 is 1.40 bits per heavy atom. The molecule has 0 saturated carbocycles. The van der Waals surface area contributed by atoms with Gasteiger partial charge in [0, 0.05) is 17.7 Å². The molecule has 0 aliphatic carbocycles. The van der Waals surface area contributed by atoms with E-state index >= 15 is 0 Å². The molecule has 0 saturated heterocycles. The van der Waals surface area contributed by atoms with Gasteiger partial charge in [0.05, 0.1) is 17.0 Å². The summed E-state index contributed by atoms with van der Waals surface area (Å²) in [7, 11) is 0. The molecule has 2 aromatic heterocycles. The average Bonchev–Trinajstić information content (AvgIpc) is 2.53. The predicted molar refractivity (Wildman–Crippen MR) is 86.8 cm³/mol. The minimum atomic E-state index is -0.964. The standard InChI is InChI=1S/C19H13FO5/c1-9-7-13-16(18(21)23-9)15(11-5-3-4-6-12(11)20)17-14(25-13)8-10(2)24-19(17)22/h3-8,15H,1-2H3. The van der Waals surface area contributed by atoms with Crippen LogP contribution in [0.15, 0.2) is 54.8 Å². The Kier molecular flexibility index (Phi) is 3.35. The summed E-state index contributed by atoms with van der Waals surface area (Å²) >= 11 is 0. The van der Waals surface area contributed by atoms with E-state index < -0.39 is 23.0 Å². The fourth-order valence-electron chi connectivity index (χ4n) is 3.16.